The molecule has 0 aliphatic carbocycles. The summed E-state index contributed by atoms with van der Waals surface area (Å²) in [6.45, 7) is 5.74. The summed E-state index contributed by atoms with van der Waals surface area (Å²) in [5, 5.41) is 15.1. The zero-order valence-corrected chi connectivity index (χ0v) is 14.9. The Morgan fingerprint density at radius 2 is 1.91 bits per heavy atom. The maximum Gasteiger partial charge on any atom is 0.315 e. The van der Waals surface area contributed by atoms with Gasteiger partial charge in [0.2, 0.25) is 10.0 Å². The van der Waals surface area contributed by atoms with Gasteiger partial charge in [-0.25, -0.2) is 17.5 Å². The third kappa shape index (κ3) is 8.50. The van der Waals surface area contributed by atoms with Gasteiger partial charge in [0.05, 0.1) is 19.0 Å². The fourth-order valence-electron chi connectivity index (χ4n) is 2.28. The Kier molecular flexibility index (Phi) is 8.24. The number of urea groups is 1. The first-order valence-corrected chi connectivity index (χ1v) is 9.78. The van der Waals surface area contributed by atoms with E-state index in [2.05, 4.69) is 10.6 Å². The summed E-state index contributed by atoms with van der Waals surface area (Å²) in [6, 6.07) is -0.409. The molecule has 1 atom stereocenters. The largest absolute Gasteiger partial charge is 0.389 e. The van der Waals surface area contributed by atoms with Crippen molar-refractivity contribution in [2.75, 3.05) is 39.1 Å². The van der Waals surface area contributed by atoms with E-state index in [9.17, 15) is 18.3 Å². The highest BCUT2D eigenvalue weighted by Gasteiger charge is 2.25. The number of hydrogen-bond acceptors (Lipinski definition) is 5. The molecule has 0 aromatic rings. The molecular formula is C14H29N3O5S. The topological polar surface area (TPSA) is 108 Å². The molecule has 1 fully saturated rings. The Hall–Kier alpha value is -0.900. The van der Waals surface area contributed by atoms with Crippen LogP contribution in [-0.4, -0.2) is 75.1 Å². The third-order valence-electron chi connectivity index (χ3n) is 3.52. The maximum absolute atomic E-state index is 11.8. The molecular weight excluding hydrogens is 322 g/mol. The van der Waals surface area contributed by atoms with Crippen molar-refractivity contribution in [1.29, 1.82) is 0 Å². The van der Waals surface area contributed by atoms with Gasteiger partial charge in [-0.1, -0.05) is 13.8 Å². The average Bonchev–Trinajstić information content (AvgIpc) is 2.44. The minimum absolute atomic E-state index is 0.0534. The minimum atomic E-state index is -3.16. The molecule has 1 heterocycles. The van der Waals surface area contributed by atoms with Gasteiger partial charge in [0.1, 0.15) is 0 Å². The number of carbonyl (C=O) groups excluding carboxylic acids is 1. The summed E-state index contributed by atoms with van der Waals surface area (Å²) in [5.41, 5.74) is 0. The van der Waals surface area contributed by atoms with Crippen LogP contribution in [0.5, 0.6) is 0 Å². The van der Waals surface area contributed by atoms with E-state index in [4.69, 9.17) is 4.74 Å². The van der Waals surface area contributed by atoms with Gasteiger partial charge < -0.3 is 20.5 Å². The molecule has 8 nitrogen and oxygen atoms in total. The molecule has 0 aromatic heterocycles. The lowest BCUT2D eigenvalue weighted by Gasteiger charge is -2.30. The molecule has 1 unspecified atom stereocenters. The molecule has 0 bridgehead atoms. The van der Waals surface area contributed by atoms with Crippen molar-refractivity contribution in [3.8, 4) is 0 Å². The zero-order chi connectivity index (χ0) is 17.5. The molecule has 1 aliphatic heterocycles. The number of nitrogens with one attached hydrogen (secondary N) is 2. The quantitative estimate of drug-likeness (QED) is 0.558. The van der Waals surface area contributed by atoms with Crippen LogP contribution in [0, 0.1) is 5.92 Å². The number of carbonyl (C=O) groups is 1. The Balaban J connectivity index is 2.17. The Bertz CT molecular complexity index is 461. The molecule has 2 amide bonds. The normalized spacial score (nSPS) is 18.8. The van der Waals surface area contributed by atoms with E-state index < -0.39 is 16.1 Å². The van der Waals surface area contributed by atoms with Crippen molar-refractivity contribution in [2.45, 2.75) is 38.8 Å². The lowest BCUT2D eigenvalue weighted by Crippen LogP contribution is -2.50. The van der Waals surface area contributed by atoms with E-state index in [1.165, 1.54) is 10.6 Å². The number of rotatable bonds is 8. The monoisotopic (exact) mass is 351 g/mol. The van der Waals surface area contributed by atoms with Crippen molar-refractivity contribution in [3.63, 3.8) is 0 Å². The number of ether oxygens (including phenoxy) is 1. The van der Waals surface area contributed by atoms with E-state index in [1.807, 2.05) is 13.8 Å². The Morgan fingerprint density at radius 1 is 1.30 bits per heavy atom. The molecule has 136 valence electrons. The van der Waals surface area contributed by atoms with Crippen LogP contribution in [0.4, 0.5) is 4.79 Å². The Labute approximate surface area is 138 Å². The summed E-state index contributed by atoms with van der Waals surface area (Å²) in [4.78, 5) is 11.8. The molecule has 9 heteroatoms. The molecule has 1 rings (SSSR count). The smallest absolute Gasteiger partial charge is 0.315 e. The second kappa shape index (κ2) is 9.41. The van der Waals surface area contributed by atoms with Gasteiger partial charge in [-0.15, -0.1) is 0 Å². The number of sulfonamides is 1. The summed E-state index contributed by atoms with van der Waals surface area (Å²) < 4.78 is 29.5. The maximum atomic E-state index is 11.8. The van der Waals surface area contributed by atoms with Gasteiger partial charge in [-0.3, -0.25) is 0 Å². The molecule has 1 aliphatic rings. The number of aliphatic hydroxyl groups excluding tert-OH is 1. The van der Waals surface area contributed by atoms with E-state index in [1.54, 1.807) is 0 Å². The highest BCUT2D eigenvalue weighted by atomic mass is 32.2. The predicted molar refractivity (Wildman–Crippen MR) is 87.6 cm³/mol. The van der Waals surface area contributed by atoms with Crippen LogP contribution in [0.3, 0.4) is 0 Å². The molecule has 3 N–H and O–H groups in total. The van der Waals surface area contributed by atoms with Crippen LogP contribution in [0.15, 0.2) is 0 Å². The second-order valence-electron chi connectivity index (χ2n) is 6.38. The zero-order valence-electron chi connectivity index (χ0n) is 14.1. The highest BCUT2D eigenvalue weighted by molar-refractivity contribution is 7.88. The Morgan fingerprint density at radius 3 is 2.43 bits per heavy atom. The van der Waals surface area contributed by atoms with E-state index in [0.717, 1.165) is 0 Å². The lowest BCUT2D eigenvalue weighted by atomic mass is 10.1. The lowest BCUT2D eigenvalue weighted by molar-refractivity contribution is 0.0272. The summed E-state index contributed by atoms with van der Waals surface area (Å²) >= 11 is 0. The van der Waals surface area contributed by atoms with Crippen LogP contribution >= 0.6 is 0 Å². The van der Waals surface area contributed by atoms with Crippen LogP contribution < -0.4 is 10.6 Å². The van der Waals surface area contributed by atoms with Crippen LogP contribution in [0.1, 0.15) is 26.7 Å². The molecule has 1 saturated heterocycles. The minimum Gasteiger partial charge on any atom is -0.389 e. The fourth-order valence-corrected chi connectivity index (χ4v) is 3.15. The molecule has 0 saturated carbocycles. The van der Waals surface area contributed by atoms with Gasteiger partial charge >= 0.3 is 6.03 Å². The first-order valence-electron chi connectivity index (χ1n) is 7.93. The van der Waals surface area contributed by atoms with E-state index in [-0.39, 0.29) is 25.2 Å². The predicted octanol–water partition coefficient (Wildman–Crippen LogP) is -0.257. The van der Waals surface area contributed by atoms with Gasteiger partial charge in [0, 0.05) is 32.3 Å². The first-order chi connectivity index (χ1) is 10.7. The van der Waals surface area contributed by atoms with Gasteiger partial charge in [-0.2, -0.15) is 0 Å². The third-order valence-corrected chi connectivity index (χ3v) is 4.82. The highest BCUT2D eigenvalue weighted by Crippen LogP contribution is 2.12. The van der Waals surface area contributed by atoms with Crippen LogP contribution in [0.25, 0.3) is 0 Å². The van der Waals surface area contributed by atoms with Crippen molar-refractivity contribution in [3.05, 3.63) is 0 Å². The standard InChI is InChI=1S/C14H29N3O5S/c1-11(2)9-22-10-13(18)8-15-14(19)16-12-4-6-17(7-5-12)23(3,20)21/h11-13,18H,4-10H2,1-3H3,(H2,15,16,19). The van der Waals surface area contributed by atoms with Crippen molar-refractivity contribution in [2.24, 2.45) is 5.92 Å². The number of nitrogens with zero attached hydrogens (tertiary/aromatic N) is 1. The number of amides is 2. The molecule has 23 heavy (non-hydrogen) atoms. The average molecular weight is 351 g/mol. The van der Waals surface area contributed by atoms with E-state index in [0.29, 0.717) is 38.5 Å². The number of aliphatic hydroxyl groups is 1. The first kappa shape index (κ1) is 20.1. The fraction of sp³-hybridized carbons (Fsp3) is 0.929. The van der Waals surface area contributed by atoms with Crippen molar-refractivity contribution >= 4 is 16.1 Å². The molecule has 0 spiro atoms. The van der Waals surface area contributed by atoms with E-state index >= 15 is 0 Å². The second-order valence-corrected chi connectivity index (χ2v) is 8.36. The van der Waals surface area contributed by atoms with Crippen LogP contribution in [-0.2, 0) is 14.8 Å². The molecule has 0 aromatic carbocycles. The van der Waals surface area contributed by atoms with Gasteiger partial charge in [-0.05, 0) is 18.8 Å². The van der Waals surface area contributed by atoms with Crippen molar-refractivity contribution < 1.29 is 23.1 Å². The van der Waals surface area contributed by atoms with Gasteiger partial charge in [0.25, 0.3) is 0 Å². The van der Waals surface area contributed by atoms with Gasteiger partial charge in [0.15, 0.2) is 0 Å². The molecule has 0 radical (unpaired) electrons. The number of hydrogen-bond donors (Lipinski definition) is 3. The number of piperidine rings is 1. The SMILES string of the molecule is CC(C)COCC(O)CNC(=O)NC1CCN(S(C)(=O)=O)CC1. The summed E-state index contributed by atoms with van der Waals surface area (Å²) in [7, 11) is -3.16. The summed E-state index contributed by atoms with van der Waals surface area (Å²) in [6.07, 6.45) is 1.61. The summed E-state index contributed by atoms with van der Waals surface area (Å²) in [5.74, 6) is 0.399. The van der Waals surface area contributed by atoms with Crippen molar-refractivity contribution in [1.82, 2.24) is 14.9 Å². The van der Waals surface area contributed by atoms with Crippen LogP contribution in [0.2, 0.25) is 0 Å².